The molecule has 1 aliphatic rings. The topological polar surface area (TPSA) is 72.3 Å². The van der Waals surface area contributed by atoms with Gasteiger partial charge in [0.1, 0.15) is 0 Å². The van der Waals surface area contributed by atoms with Crippen LogP contribution in [0.3, 0.4) is 0 Å². The van der Waals surface area contributed by atoms with Gasteiger partial charge in [0.15, 0.2) is 0 Å². The highest BCUT2D eigenvalue weighted by Gasteiger charge is 2.23. The molecule has 0 spiro atoms. The Kier molecular flexibility index (Phi) is 4.66. The highest BCUT2D eigenvalue weighted by molar-refractivity contribution is 6.33. The Morgan fingerprint density at radius 1 is 1.37 bits per heavy atom. The molecule has 104 valence electrons. The summed E-state index contributed by atoms with van der Waals surface area (Å²) in [5.41, 5.74) is 13.1. The molecule has 0 bridgehead atoms. The number of halogens is 1. The smallest absolute Gasteiger partial charge is 0.217 e. The lowest BCUT2D eigenvalue weighted by molar-refractivity contribution is -0.119. The van der Waals surface area contributed by atoms with Crippen molar-refractivity contribution in [3.8, 4) is 0 Å². The maximum atomic E-state index is 10.9. The van der Waals surface area contributed by atoms with Gasteiger partial charge in [0, 0.05) is 26.1 Å². The van der Waals surface area contributed by atoms with Crippen LogP contribution in [-0.4, -0.2) is 19.0 Å². The Hall–Kier alpha value is -1.26. The molecule has 0 radical (unpaired) electrons. The summed E-state index contributed by atoms with van der Waals surface area (Å²) in [7, 11) is 0. The van der Waals surface area contributed by atoms with Gasteiger partial charge in [-0.05, 0) is 30.4 Å². The largest absolute Gasteiger partial charge is 0.370 e. The molecule has 2 rings (SSSR count). The van der Waals surface area contributed by atoms with Gasteiger partial charge in [0.2, 0.25) is 5.91 Å². The Balaban J connectivity index is 2.07. The van der Waals surface area contributed by atoms with E-state index in [0.717, 1.165) is 42.2 Å². The van der Waals surface area contributed by atoms with Crippen LogP contribution in [0.5, 0.6) is 0 Å². The molecule has 0 aliphatic carbocycles. The molecule has 0 unspecified atom stereocenters. The van der Waals surface area contributed by atoms with E-state index < -0.39 is 0 Å². The number of carbonyl (C=O) groups excluding carboxylic acids is 1. The van der Waals surface area contributed by atoms with E-state index in [4.69, 9.17) is 23.1 Å². The van der Waals surface area contributed by atoms with Crippen molar-refractivity contribution in [2.24, 2.45) is 17.4 Å². The first-order valence-corrected chi connectivity index (χ1v) is 7.00. The highest BCUT2D eigenvalue weighted by Crippen LogP contribution is 2.33. The number of nitrogens with zero attached hydrogens (tertiary/aromatic N) is 1. The summed E-state index contributed by atoms with van der Waals surface area (Å²) >= 11 is 6.29. The summed E-state index contributed by atoms with van der Waals surface area (Å²) in [6, 6.07) is 5.83. The van der Waals surface area contributed by atoms with Gasteiger partial charge >= 0.3 is 0 Å². The lowest BCUT2D eigenvalue weighted by atomic mass is 9.92. The zero-order chi connectivity index (χ0) is 13.8. The van der Waals surface area contributed by atoms with Gasteiger partial charge in [0.25, 0.3) is 0 Å². The van der Waals surface area contributed by atoms with Gasteiger partial charge < -0.3 is 16.4 Å². The predicted octanol–water partition coefficient (Wildman–Crippen LogP) is 1.89. The van der Waals surface area contributed by atoms with Crippen molar-refractivity contribution in [3.05, 3.63) is 28.8 Å². The molecule has 1 heterocycles. The third-order valence-corrected chi connectivity index (χ3v) is 4.02. The average Bonchev–Trinajstić information content (AvgIpc) is 2.39. The third-order valence-electron chi connectivity index (χ3n) is 3.71. The monoisotopic (exact) mass is 281 g/mol. The molecular formula is C14H20ClN3O. The van der Waals surface area contributed by atoms with Crippen LogP contribution < -0.4 is 16.4 Å². The molecule has 1 saturated heterocycles. The lowest BCUT2D eigenvalue weighted by Gasteiger charge is -2.35. The van der Waals surface area contributed by atoms with Crippen molar-refractivity contribution in [1.29, 1.82) is 0 Å². The van der Waals surface area contributed by atoms with Crippen molar-refractivity contribution < 1.29 is 4.79 Å². The Labute approximate surface area is 118 Å². The van der Waals surface area contributed by atoms with Crippen LogP contribution >= 0.6 is 11.6 Å². The van der Waals surface area contributed by atoms with Gasteiger partial charge in [-0.3, -0.25) is 4.79 Å². The fourth-order valence-electron chi connectivity index (χ4n) is 2.72. The molecule has 4 nitrogen and oxygen atoms in total. The molecule has 0 saturated carbocycles. The standard InChI is InChI=1S/C14H20ClN3O/c15-12-3-1-2-11(9-16)14(12)18-6-4-10(5-7-18)8-13(17)19/h1-3,10H,4-9,16H2,(H2,17,19). The first-order valence-electron chi connectivity index (χ1n) is 6.62. The predicted molar refractivity (Wildman–Crippen MR) is 78.1 cm³/mol. The molecule has 1 aromatic carbocycles. The molecular weight excluding hydrogens is 262 g/mol. The van der Waals surface area contributed by atoms with Crippen molar-refractivity contribution in [2.45, 2.75) is 25.8 Å². The van der Waals surface area contributed by atoms with Gasteiger partial charge in [-0.2, -0.15) is 0 Å². The normalized spacial score (nSPS) is 16.6. The van der Waals surface area contributed by atoms with Gasteiger partial charge in [-0.15, -0.1) is 0 Å². The van der Waals surface area contributed by atoms with Gasteiger partial charge in [-0.25, -0.2) is 0 Å². The van der Waals surface area contributed by atoms with Crippen LogP contribution in [0.2, 0.25) is 5.02 Å². The van der Waals surface area contributed by atoms with E-state index in [0.29, 0.717) is 18.9 Å². The summed E-state index contributed by atoms with van der Waals surface area (Å²) in [5.74, 6) is 0.191. The van der Waals surface area contributed by atoms with Crippen LogP contribution in [0.1, 0.15) is 24.8 Å². The number of amides is 1. The summed E-state index contributed by atoms with van der Waals surface area (Å²) in [6.07, 6.45) is 2.43. The summed E-state index contributed by atoms with van der Waals surface area (Å²) in [6.45, 7) is 2.28. The minimum atomic E-state index is -0.209. The van der Waals surface area contributed by atoms with Crippen molar-refractivity contribution >= 4 is 23.2 Å². The number of anilines is 1. The number of carbonyl (C=O) groups is 1. The fourth-order valence-corrected chi connectivity index (χ4v) is 3.04. The Morgan fingerprint density at radius 3 is 2.63 bits per heavy atom. The number of hydrogen-bond acceptors (Lipinski definition) is 3. The minimum Gasteiger partial charge on any atom is -0.370 e. The molecule has 1 aromatic rings. The van der Waals surface area contributed by atoms with E-state index in [9.17, 15) is 4.79 Å². The Morgan fingerprint density at radius 2 is 2.05 bits per heavy atom. The second-order valence-corrected chi connectivity index (χ2v) is 5.46. The summed E-state index contributed by atoms with van der Waals surface area (Å²) < 4.78 is 0. The molecule has 1 aliphatic heterocycles. The Bertz CT molecular complexity index is 456. The second-order valence-electron chi connectivity index (χ2n) is 5.05. The molecule has 0 aromatic heterocycles. The van der Waals surface area contributed by atoms with Crippen LogP contribution in [0.25, 0.3) is 0 Å². The second kappa shape index (κ2) is 6.26. The van der Waals surface area contributed by atoms with Gasteiger partial charge in [0.05, 0.1) is 10.7 Å². The molecule has 19 heavy (non-hydrogen) atoms. The van der Waals surface area contributed by atoms with Crippen LogP contribution in [-0.2, 0) is 11.3 Å². The fraction of sp³-hybridized carbons (Fsp3) is 0.500. The first-order chi connectivity index (χ1) is 9.11. The van der Waals surface area contributed by atoms with Gasteiger partial charge in [-0.1, -0.05) is 23.7 Å². The van der Waals surface area contributed by atoms with E-state index in [1.165, 1.54) is 0 Å². The van der Waals surface area contributed by atoms with E-state index >= 15 is 0 Å². The van der Waals surface area contributed by atoms with Crippen LogP contribution in [0.4, 0.5) is 5.69 Å². The number of primary amides is 1. The van der Waals surface area contributed by atoms with Crippen molar-refractivity contribution in [1.82, 2.24) is 0 Å². The number of nitrogens with two attached hydrogens (primary N) is 2. The quantitative estimate of drug-likeness (QED) is 0.885. The number of hydrogen-bond donors (Lipinski definition) is 2. The maximum absolute atomic E-state index is 10.9. The summed E-state index contributed by atoms with van der Waals surface area (Å²) in [4.78, 5) is 13.2. The molecule has 0 atom stereocenters. The zero-order valence-corrected chi connectivity index (χ0v) is 11.7. The maximum Gasteiger partial charge on any atom is 0.217 e. The average molecular weight is 282 g/mol. The zero-order valence-electron chi connectivity index (χ0n) is 10.9. The van der Waals surface area contributed by atoms with Crippen molar-refractivity contribution in [3.63, 3.8) is 0 Å². The van der Waals surface area contributed by atoms with E-state index in [1.54, 1.807) is 0 Å². The number of para-hydroxylation sites is 1. The molecule has 1 amide bonds. The number of benzene rings is 1. The van der Waals surface area contributed by atoms with Crippen molar-refractivity contribution in [2.75, 3.05) is 18.0 Å². The van der Waals surface area contributed by atoms with Crippen LogP contribution in [0, 0.1) is 5.92 Å². The van der Waals surface area contributed by atoms with E-state index in [2.05, 4.69) is 4.90 Å². The lowest BCUT2D eigenvalue weighted by Crippen LogP contribution is -2.36. The highest BCUT2D eigenvalue weighted by atomic mass is 35.5. The van der Waals surface area contributed by atoms with E-state index in [-0.39, 0.29) is 5.91 Å². The van der Waals surface area contributed by atoms with E-state index in [1.807, 2.05) is 18.2 Å². The minimum absolute atomic E-state index is 0.209. The SMILES string of the molecule is NCc1cccc(Cl)c1N1CCC(CC(N)=O)CC1. The number of rotatable bonds is 4. The molecule has 4 N–H and O–H groups in total. The van der Waals surface area contributed by atoms with Crippen LogP contribution in [0.15, 0.2) is 18.2 Å². The molecule has 5 heteroatoms. The molecule has 1 fully saturated rings. The number of piperidine rings is 1. The third kappa shape index (κ3) is 3.39. The first kappa shape index (κ1) is 14.2. The summed E-state index contributed by atoms with van der Waals surface area (Å²) in [5, 5.41) is 0.747.